The number of fused-ring (bicyclic) bond motifs is 1. The molecule has 3 rings (SSSR count). The molecule has 106 valence electrons. The molecule has 1 aliphatic rings. The minimum atomic E-state index is -0.538. The molecule has 0 unspecified atom stereocenters. The lowest BCUT2D eigenvalue weighted by Gasteiger charge is -2.10. The molecular formula is C15H11NO4S. The van der Waals surface area contributed by atoms with Crippen molar-refractivity contribution in [1.82, 2.24) is 0 Å². The molecule has 0 radical (unpaired) electrons. The van der Waals surface area contributed by atoms with Gasteiger partial charge in [-0.1, -0.05) is 0 Å². The van der Waals surface area contributed by atoms with Gasteiger partial charge in [0.15, 0.2) is 0 Å². The summed E-state index contributed by atoms with van der Waals surface area (Å²) in [5, 5.41) is 0.582. The number of methoxy groups -OCH3 is 1. The van der Waals surface area contributed by atoms with E-state index in [2.05, 4.69) is 4.74 Å². The third-order valence-corrected chi connectivity index (χ3v) is 4.24. The number of ether oxygens (including phenoxy) is 1. The topological polar surface area (TPSA) is 63.7 Å². The Morgan fingerprint density at radius 1 is 1.10 bits per heavy atom. The van der Waals surface area contributed by atoms with Crippen LogP contribution < -0.4 is 4.90 Å². The predicted octanol–water partition coefficient (Wildman–Crippen LogP) is 2.64. The number of aryl methyl sites for hydroxylation is 1. The number of nitrogens with zero attached hydrogens (tertiary/aromatic N) is 1. The number of esters is 1. The van der Waals surface area contributed by atoms with E-state index >= 15 is 0 Å². The summed E-state index contributed by atoms with van der Waals surface area (Å²) in [7, 11) is 1.27. The summed E-state index contributed by atoms with van der Waals surface area (Å²) in [6.45, 7) is 1.90. The third kappa shape index (κ3) is 2.04. The molecule has 0 spiro atoms. The number of benzene rings is 1. The number of carbonyl (C=O) groups is 3. The van der Waals surface area contributed by atoms with Crippen LogP contribution >= 0.6 is 11.3 Å². The number of anilines is 1. The van der Waals surface area contributed by atoms with Crippen LogP contribution in [-0.2, 0) is 4.74 Å². The van der Waals surface area contributed by atoms with Crippen LogP contribution in [0.4, 0.5) is 5.00 Å². The number of imide groups is 1. The molecule has 2 aromatic rings. The summed E-state index contributed by atoms with van der Waals surface area (Å²) in [6.07, 6.45) is 0. The Labute approximate surface area is 124 Å². The number of thiophene rings is 1. The van der Waals surface area contributed by atoms with Crippen molar-refractivity contribution < 1.29 is 19.1 Å². The normalized spacial score (nSPS) is 13.5. The van der Waals surface area contributed by atoms with Crippen LogP contribution in [0, 0.1) is 6.92 Å². The standard InChI is InChI=1S/C15H11NO4S/c1-8-3-6-12(21-8)16-13(17)10-5-4-9(15(19)20-2)7-11(10)14(16)18/h3-7H,1-2H3. The van der Waals surface area contributed by atoms with Crippen LogP contribution in [0.25, 0.3) is 0 Å². The molecule has 5 nitrogen and oxygen atoms in total. The van der Waals surface area contributed by atoms with Crippen molar-refractivity contribution in [3.05, 3.63) is 51.9 Å². The minimum Gasteiger partial charge on any atom is -0.465 e. The fourth-order valence-corrected chi connectivity index (χ4v) is 3.09. The van der Waals surface area contributed by atoms with Gasteiger partial charge in [-0.3, -0.25) is 9.59 Å². The highest BCUT2D eigenvalue weighted by molar-refractivity contribution is 7.16. The van der Waals surface area contributed by atoms with E-state index in [9.17, 15) is 14.4 Å². The van der Waals surface area contributed by atoms with E-state index in [1.807, 2.05) is 13.0 Å². The SMILES string of the molecule is COC(=O)c1ccc2c(c1)C(=O)N(c1ccc(C)s1)C2=O. The van der Waals surface area contributed by atoms with Gasteiger partial charge in [0.1, 0.15) is 5.00 Å². The predicted molar refractivity (Wildman–Crippen MR) is 78.0 cm³/mol. The molecule has 0 bridgehead atoms. The zero-order valence-corrected chi connectivity index (χ0v) is 12.2. The van der Waals surface area contributed by atoms with E-state index in [0.717, 1.165) is 9.78 Å². The first-order valence-corrected chi connectivity index (χ1v) is 7.02. The Bertz CT molecular complexity index is 778. The maximum absolute atomic E-state index is 12.4. The Morgan fingerprint density at radius 3 is 2.43 bits per heavy atom. The largest absolute Gasteiger partial charge is 0.465 e. The first kappa shape index (κ1) is 13.5. The molecule has 0 atom stereocenters. The van der Waals surface area contributed by atoms with E-state index in [0.29, 0.717) is 10.6 Å². The van der Waals surface area contributed by atoms with Gasteiger partial charge in [0, 0.05) is 4.88 Å². The van der Waals surface area contributed by atoms with E-state index in [1.165, 1.54) is 36.6 Å². The lowest BCUT2D eigenvalue weighted by Crippen LogP contribution is -2.28. The van der Waals surface area contributed by atoms with Gasteiger partial charge >= 0.3 is 5.97 Å². The fourth-order valence-electron chi connectivity index (χ4n) is 2.23. The molecule has 1 aromatic carbocycles. The number of carbonyl (C=O) groups excluding carboxylic acids is 3. The molecule has 6 heteroatoms. The fraction of sp³-hybridized carbons (Fsp3) is 0.133. The first-order valence-electron chi connectivity index (χ1n) is 6.20. The minimum absolute atomic E-state index is 0.231. The quantitative estimate of drug-likeness (QED) is 0.632. The van der Waals surface area contributed by atoms with Gasteiger partial charge in [-0.05, 0) is 37.3 Å². The molecule has 2 heterocycles. The number of amides is 2. The molecule has 0 N–H and O–H groups in total. The van der Waals surface area contributed by atoms with Crippen molar-refractivity contribution in [2.45, 2.75) is 6.92 Å². The van der Waals surface area contributed by atoms with Crippen molar-refractivity contribution in [3.63, 3.8) is 0 Å². The van der Waals surface area contributed by atoms with E-state index in [4.69, 9.17) is 0 Å². The monoisotopic (exact) mass is 301 g/mol. The maximum Gasteiger partial charge on any atom is 0.337 e. The zero-order chi connectivity index (χ0) is 15.1. The van der Waals surface area contributed by atoms with E-state index in [-0.39, 0.29) is 17.0 Å². The molecule has 0 saturated carbocycles. The summed E-state index contributed by atoms with van der Waals surface area (Å²) >= 11 is 1.37. The lowest BCUT2D eigenvalue weighted by atomic mass is 10.1. The number of hydrogen-bond donors (Lipinski definition) is 0. The van der Waals surface area contributed by atoms with Crippen molar-refractivity contribution in [1.29, 1.82) is 0 Å². The summed E-state index contributed by atoms with van der Waals surface area (Å²) in [5.41, 5.74) is 0.786. The highest BCUT2D eigenvalue weighted by Gasteiger charge is 2.37. The van der Waals surface area contributed by atoms with Gasteiger partial charge in [-0.25, -0.2) is 9.69 Å². The van der Waals surface area contributed by atoms with Crippen LogP contribution in [-0.4, -0.2) is 24.9 Å². The van der Waals surface area contributed by atoms with Crippen molar-refractivity contribution in [3.8, 4) is 0 Å². The molecule has 0 saturated heterocycles. The number of rotatable bonds is 2. The van der Waals surface area contributed by atoms with Crippen LogP contribution in [0.2, 0.25) is 0 Å². The molecule has 1 aromatic heterocycles. The van der Waals surface area contributed by atoms with Crippen molar-refractivity contribution >= 4 is 34.1 Å². The van der Waals surface area contributed by atoms with Gasteiger partial charge in [0.25, 0.3) is 11.8 Å². The molecule has 0 aliphatic carbocycles. The average molecular weight is 301 g/mol. The van der Waals surface area contributed by atoms with E-state index < -0.39 is 11.9 Å². The Kier molecular flexibility index (Phi) is 3.10. The van der Waals surface area contributed by atoms with Gasteiger partial charge in [0.2, 0.25) is 0 Å². The van der Waals surface area contributed by atoms with Crippen LogP contribution in [0.15, 0.2) is 30.3 Å². The second-order valence-corrected chi connectivity index (χ2v) is 5.85. The van der Waals surface area contributed by atoms with Crippen LogP contribution in [0.5, 0.6) is 0 Å². The smallest absolute Gasteiger partial charge is 0.337 e. The first-order chi connectivity index (χ1) is 10.0. The van der Waals surface area contributed by atoms with E-state index in [1.54, 1.807) is 6.07 Å². The highest BCUT2D eigenvalue weighted by atomic mass is 32.1. The maximum atomic E-state index is 12.4. The van der Waals surface area contributed by atoms with Gasteiger partial charge in [0.05, 0.1) is 23.8 Å². The summed E-state index contributed by atoms with van der Waals surface area (Å²) in [4.78, 5) is 38.5. The molecule has 1 aliphatic heterocycles. The van der Waals surface area contributed by atoms with Gasteiger partial charge in [-0.15, -0.1) is 11.3 Å². The van der Waals surface area contributed by atoms with Gasteiger partial charge in [-0.2, -0.15) is 0 Å². The molecule has 0 fully saturated rings. The summed E-state index contributed by atoms with van der Waals surface area (Å²) < 4.78 is 4.63. The average Bonchev–Trinajstić information content (AvgIpc) is 3.01. The molecular weight excluding hydrogens is 290 g/mol. The van der Waals surface area contributed by atoms with Gasteiger partial charge < -0.3 is 4.74 Å². The van der Waals surface area contributed by atoms with Crippen LogP contribution in [0.1, 0.15) is 36.0 Å². The molecule has 2 amide bonds. The molecule has 21 heavy (non-hydrogen) atoms. The number of hydrogen-bond acceptors (Lipinski definition) is 5. The third-order valence-electron chi connectivity index (χ3n) is 3.25. The second kappa shape index (κ2) is 4.82. The Hall–Kier alpha value is -2.47. The van der Waals surface area contributed by atoms with Crippen molar-refractivity contribution in [2.24, 2.45) is 0 Å². The second-order valence-electron chi connectivity index (χ2n) is 4.58. The zero-order valence-electron chi connectivity index (χ0n) is 11.4. The summed E-state index contributed by atoms with van der Waals surface area (Å²) in [5.74, 6) is -1.32. The highest BCUT2D eigenvalue weighted by Crippen LogP contribution is 2.33. The Balaban J connectivity index is 2.06. The Morgan fingerprint density at radius 2 is 1.81 bits per heavy atom. The summed E-state index contributed by atoms with van der Waals surface area (Å²) in [6, 6.07) is 7.97. The van der Waals surface area contributed by atoms with Crippen molar-refractivity contribution in [2.75, 3.05) is 12.0 Å². The lowest BCUT2D eigenvalue weighted by molar-refractivity contribution is 0.0600. The van der Waals surface area contributed by atoms with Crippen LogP contribution in [0.3, 0.4) is 0 Å².